The number of halogens is 1. The van der Waals surface area contributed by atoms with Crippen molar-refractivity contribution < 1.29 is 9.53 Å². The Kier molecular flexibility index (Phi) is 4.20. The molecule has 1 heterocycles. The third-order valence-corrected chi connectivity index (χ3v) is 2.91. The highest BCUT2D eigenvalue weighted by atomic mass is 35.5. The summed E-state index contributed by atoms with van der Waals surface area (Å²) in [4.78, 5) is 11.3. The molecule has 2 unspecified atom stereocenters. The summed E-state index contributed by atoms with van der Waals surface area (Å²) < 4.78 is 5.57. The van der Waals surface area contributed by atoms with Crippen LogP contribution in [0.2, 0.25) is 0 Å². The minimum absolute atomic E-state index is 0.138. The van der Waals surface area contributed by atoms with E-state index in [1.165, 1.54) is 0 Å². The van der Waals surface area contributed by atoms with E-state index in [9.17, 15) is 4.79 Å². The highest BCUT2D eigenvalue weighted by Crippen LogP contribution is 2.25. The van der Waals surface area contributed by atoms with Crippen molar-refractivity contribution in [1.29, 1.82) is 0 Å². The second-order valence-corrected chi connectivity index (χ2v) is 4.24. The number of Topliss-reactive ketones (excluding diaryl/α,β-unsaturated/α-hetero) is 1. The molecule has 0 aromatic rings. The van der Waals surface area contributed by atoms with Gasteiger partial charge in [0.15, 0.2) is 5.78 Å². The fourth-order valence-corrected chi connectivity index (χ4v) is 1.91. The first-order valence-corrected chi connectivity index (χ1v) is 5.39. The molecule has 1 rings (SSSR count). The average Bonchev–Trinajstić information content (AvgIpc) is 2.17. The molecular weight excluding hydrogens is 188 g/mol. The smallest absolute Gasteiger partial charge is 0.150 e. The van der Waals surface area contributed by atoms with E-state index >= 15 is 0 Å². The highest BCUT2D eigenvalue weighted by Gasteiger charge is 2.28. The monoisotopic (exact) mass is 204 g/mol. The standard InChI is InChI=1S/C10H17ClO2/c1-7(2)10-5-8(3-4-13-10)9(12)6-11/h7-8,10H,3-6H2,1-2H3. The van der Waals surface area contributed by atoms with Gasteiger partial charge < -0.3 is 4.74 Å². The largest absolute Gasteiger partial charge is 0.378 e. The lowest BCUT2D eigenvalue weighted by Gasteiger charge is -2.30. The molecule has 76 valence electrons. The summed E-state index contributed by atoms with van der Waals surface area (Å²) in [6.45, 7) is 4.95. The first-order chi connectivity index (χ1) is 6.15. The Morgan fingerprint density at radius 3 is 2.85 bits per heavy atom. The van der Waals surface area contributed by atoms with Crippen molar-refractivity contribution in [3.63, 3.8) is 0 Å². The molecule has 0 saturated carbocycles. The van der Waals surface area contributed by atoms with Gasteiger partial charge in [0.05, 0.1) is 12.0 Å². The van der Waals surface area contributed by atoms with Gasteiger partial charge >= 0.3 is 0 Å². The number of ketones is 1. The van der Waals surface area contributed by atoms with Crippen LogP contribution in [0, 0.1) is 11.8 Å². The van der Waals surface area contributed by atoms with E-state index in [0.29, 0.717) is 12.5 Å². The average molecular weight is 205 g/mol. The van der Waals surface area contributed by atoms with Crippen LogP contribution in [-0.4, -0.2) is 24.4 Å². The molecule has 0 N–H and O–H groups in total. The van der Waals surface area contributed by atoms with Gasteiger partial charge in [0, 0.05) is 12.5 Å². The topological polar surface area (TPSA) is 26.3 Å². The van der Waals surface area contributed by atoms with Gasteiger partial charge in [-0.2, -0.15) is 0 Å². The van der Waals surface area contributed by atoms with Crippen molar-refractivity contribution in [2.75, 3.05) is 12.5 Å². The van der Waals surface area contributed by atoms with Crippen LogP contribution in [0.3, 0.4) is 0 Å². The van der Waals surface area contributed by atoms with Gasteiger partial charge in [-0.05, 0) is 18.8 Å². The zero-order valence-corrected chi connectivity index (χ0v) is 9.01. The first kappa shape index (κ1) is 11.0. The highest BCUT2D eigenvalue weighted by molar-refractivity contribution is 6.27. The number of rotatable bonds is 3. The van der Waals surface area contributed by atoms with E-state index < -0.39 is 0 Å². The van der Waals surface area contributed by atoms with Crippen molar-refractivity contribution in [3.8, 4) is 0 Å². The van der Waals surface area contributed by atoms with E-state index in [1.807, 2.05) is 0 Å². The summed E-state index contributed by atoms with van der Waals surface area (Å²) in [5, 5.41) is 0. The summed E-state index contributed by atoms with van der Waals surface area (Å²) in [5.74, 6) is 0.954. The van der Waals surface area contributed by atoms with Gasteiger partial charge in [0.2, 0.25) is 0 Å². The molecule has 0 amide bonds. The molecule has 0 bridgehead atoms. The van der Waals surface area contributed by atoms with Crippen LogP contribution < -0.4 is 0 Å². The minimum atomic E-state index is 0.138. The number of alkyl halides is 1. The predicted octanol–water partition coefficient (Wildman–Crippen LogP) is 2.25. The number of hydrogen-bond acceptors (Lipinski definition) is 2. The van der Waals surface area contributed by atoms with Crippen molar-refractivity contribution >= 4 is 17.4 Å². The Hall–Kier alpha value is -0.0800. The lowest BCUT2D eigenvalue weighted by atomic mass is 9.88. The molecule has 3 heteroatoms. The van der Waals surface area contributed by atoms with Crippen molar-refractivity contribution in [2.45, 2.75) is 32.8 Å². The fourth-order valence-electron chi connectivity index (χ4n) is 1.69. The zero-order chi connectivity index (χ0) is 9.84. The van der Waals surface area contributed by atoms with Gasteiger partial charge in [0.25, 0.3) is 0 Å². The molecule has 1 saturated heterocycles. The minimum Gasteiger partial charge on any atom is -0.378 e. The van der Waals surface area contributed by atoms with E-state index in [2.05, 4.69) is 13.8 Å². The molecule has 0 radical (unpaired) electrons. The molecule has 0 spiro atoms. The second kappa shape index (κ2) is 4.97. The van der Waals surface area contributed by atoms with Crippen LogP contribution >= 0.6 is 11.6 Å². The van der Waals surface area contributed by atoms with Crippen molar-refractivity contribution in [3.05, 3.63) is 0 Å². The van der Waals surface area contributed by atoms with Crippen LogP contribution in [0.15, 0.2) is 0 Å². The Labute approximate surface area is 84.6 Å². The quantitative estimate of drug-likeness (QED) is 0.660. The molecule has 13 heavy (non-hydrogen) atoms. The van der Waals surface area contributed by atoms with E-state index in [-0.39, 0.29) is 23.7 Å². The Bertz CT molecular complexity index is 180. The summed E-state index contributed by atoms with van der Waals surface area (Å²) in [5.41, 5.74) is 0. The Balaban J connectivity index is 2.46. The number of carbonyl (C=O) groups is 1. The summed E-state index contributed by atoms with van der Waals surface area (Å²) in [6.07, 6.45) is 1.93. The van der Waals surface area contributed by atoms with Crippen molar-refractivity contribution in [2.24, 2.45) is 11.8 Å². The number of hydrogen-bond donors (Lipinski definition) is 0. The third-order valence-electron chi connectivity index (χ3n) is 2.65. The van der Waals surface area contributed by atoms with Gasteiger partial charge in [0.1, 0.15) is 0 Å². The maximum Gasteiger partial charge on any atom is 0.150 e. The molecule has 2 nitrogen and oxygen atoms in total. The molecular formula is C10H17ClO2. The maximum atomic E-state index is 11.3. The SMILES string of the molecule is CC(C)C1CC(C(=O)CCl)CCO1. The summed E-state index contributed by atoms with van der Waals surface area (Å²) >= 11 is 5.52. The van der Waals surface area contributed by atoms with Crippen LogP contribution in [0.4, 0.5) is 0 Å². The first-order valence-electron chi connectivity index (χ1n) is 4.85. The maximum absolute atomic E-state index is 11.3. The molecule has 1 aliphatic rings. The predicted molar refractivity (Wildman–Crippen MR) is 53.0 cm³/mol. The summed E-state index contributed by atoms with van der Waals surface area (Å²) in [6, 6.07) is 0. The van der Waals surface area contributed by atoms with Gasteiger partial charge in [-0.1, -0.05) is 13.8 Å². The second-order valence-electron chi connectivity index (χ2n) is 3.97. The Morgan fingerprint density at radius 2 is 2.31 bits per heavy atom. The molecule has 2 atom stereocenters. The van der Waals surface area contributed by atoms with Gasteiger partial charge in [-0.3, -0.25) is 4.79 Å². The third kappa shape index (κ3) is 2.96. The lowest BCUT2D eigenvalue weighted by molar-refractivity contribution is -0.126. The van der Waals surface area contributed by atoms with Crippen LogP contribution in [0.1, 0.15) is 26.7 Å². The molecule has 1 aliphatic heterocycles. The van der Waals surface area contributed by atoms with E-state index in [4.69, 9.17) is 16.3 Å². The van der Waals surface area contributed by atoms with Gasteiger partial charge in [-0.25, -0.2) is 0 Å². The van der Waals surface area contributed by atoms with Crippen LogP contribution in [0.25, 0.3) is 0 Å². The lowest BCUT2D eigenvalue weighted by Crippen LogP contribution is -2.33. The zero-order valence-electron chi connectivity index (χ0n) is 8.25. The number of carbonyl (C=O) groups excluding carboxylic acids is 1. The molecule has 1 fully saturated rings. The van der Waals surface area contributed by atoms with Crippen molar-refractivity contribution in [1.82, 2.24) is 0 Å². The van der Waals surface area contributed by atoms with Gasteiger partial charge in [-0.15, -0.1) is 11.6 Å². The fraction of sp³-hybridized carbons (Fsp3) is 0.900. The Morgan fingerprint density at radius 1 is 1.62 bits per heavy atom. The summed E-state index contributed by atoms with van der Waals surface area (Å²) in [7, 11) is 0. The van der Waals surface area contributed by atoms with E-state index in [0.717, 1.165) is 12.8 Å². The van der Waals surface area contributed by atoms with Crippen LogP contribution in [0.5, 0.6) is 0 Å². The van der Waals surface area contributed by atoms with E-state index in [1.54, 1.807) is 0 Å². The number of ether oxygens (including phenoxy) is 1. The molecule has 0 aliphatic carbocycles. The molecule has 0 aromatic carbocycles. The normalized spacial score (nSPS) is 29.2. The molecule has 0 aromatic heterocycles. The van der Waals surface area contributed by atoms with Crippen LogP contribution in [-0.2, 0) is 9.53 Å².